The Hall–Kier alpha value is -3.50. The number of benzene rings is 3. The molecule has 0 unspecified atom stereocenters. The third-order valence-corrected chi connectivity index (χ3v) is 8.32. The van der Waals surface area contributed by atoms with Crippen molar-refractivity contribution in [1.29, 1.82) is 0 Å². The van der Waals surface area contributed by atoms with Gasteiger partial charge in [0.15, 0.2) is 5.78 Å². The summed E-state index contributed by atoms with van der Waals surface area (Å²) in [5, 5.41) is 0.331. The van der Waals surface area contributed by atoms with Gasteiger partial charge in [0.25, 0.3) is 0 Å². The zero-order chi connectivity index (χ0) is 23.8. The molecule has 0 spiro atoms. The van der Waals surface area contributed by atoms with Crippen molar-refractivity contribution < 1.29 is 14.4 Å². The van der Waals surface area contributed by atoms with E-state index < -0.39 is 22.7 Å². The van der Waals surface area contributed by atoms with Crippen LogP contribution in [0.25, 0.3) is 11.1 Å². The van der Waals surface area contributed by atoms with Crippen molar-refractivity contribution in [3.63, 3.8) is 0 Å². The molecule has 2 bridgehead atoms. The maximum absolute atomic E-state index is 14.2. The lowest BCUT2D eigenvalue weighted by atomic mass is 9.63. The molecular formula is C29H22ClNO3. The number of halogens is 1. The first-order chi connectivity index (χ1) is 16.3. The van der Waals surface area contributed by atoms with E-state index in [-0.39, 0.29) is 17.6 Å². The zero-order valence-corrected chi connectivity index (χ0v) is 19.5. The van der Waals surface area contributed by atoms with Crippen molar-refractivity contribution in [2.75, 3.05) is 4.90 Å². The fraction of sp³-hybridized carbons (Fsp3) is 0.207. The Morgan fingerprint density at radius 1 is 0.647 bits per heavy atom. The van der Waals surface area contributed by atoms with Gasteiger partial charge in [-0.25, -0.2) is 4.90 Å². The minimum absolute atomic E-state index is 0.0618. The first kappa shape index (κ1) is 21.1. The number of nitrogens with zero attached hydrogens (tertiary/aromatic N) is 1. The molecule has 3 aliphatic rings. The second-order valence-electron chi connectivity index (χ2n) is 9.63. The number of allylic oxidation sites excluding steroid dienone is 2. The quantitative estimate of drug-likeness (QED) is 0.466. The van der Waals surface area contributed by atoms with Crippen LogP contribution >= 0.6 is 11.6 Å². The lowest BCUT2D eigenvalue weighted by Crippen LogP contribution is -2.40. The minimum Gasteiger partial charge on any atom is -0.298 e. The lowest BCUT2D eigenvalue weighted by molar-refractivity contribution is -0.133. The van der Waals surface area contributed by atoms with Crippen molar-refractivity contribution in [1.82, 2.24) is 0 Å². The van der Waals surface area contributed by atoms with Gasteiger partial charge in [-0.1, -0.05) is 84.4 Å². The highest BCUT2D eigenvalue weighted by Crippen LogP contribution is 2.73. The number of hydrogen-bond acceptors (Lipinski definition) is 3. The predicted molar refractivity (Wildman–Crippen MR) is 132 cm³/mol. The highest BCUT2D eigenvalue weighted by Gasteiger charge is 2.79. The molecule has 2 aliphatic carbocycles. The van der Waals surface area contributed by atoms with Crippen LogP contribution in [0, 0.1) is 22.7 Å². The Bertz CT molecular complexity index is 1330. The lowest BCUT2D eigenvalue weighted by Gasteiger charge is -2.35. The van der Waals surface area contributed by atoms with E-state index in [9.17, 15) is 14.4 Å². The number of hydrogen-bond donors (Lipinski definition) is 0. The minimum atomic E-state index is -1.13. The predicted octanol–water partition coefficient (Wildman–Crippen LogP) is 5.67. The van der Waals surface area contributed by atoms with Crippen LogP contribution in [0.2, 0.25) is 5.02 Å². The number of carbonyl (C=O) groups excluding carboxylic acids is 3. The molecule has 3 aromatic carbocycles. The smallest absolute Gasteiger partial charge is 0.239 e. The van der Waals surface area contributed by atoms with Crippen molar-refractivity contribution >= 4 is 46.0 Å². The SMILES string of the molecule is C[C@]12C(=O)[C@@](C)(C(c3ccccc3)=C1c1ccccc1)[C@H]1C(=O)N(c3ccccc3Cl)C(=O)[C@H]12. The molecule has 0 radical (unpaired) electrons. The second kappa shape index (κ2) is 7.00. The molecule has 6 rings (SSSR count). The average Bonchev–Trinajstić information content (AvgIpc) is 3.30. The highest BCUT2D eigenvalue weighted by atomic mass is 35.5. The molecule has 1 aliphatic heterocycles. The Morgan fingerprint density at radius 3 is 1.50 bits per heavy atom. The van der Waals surface area contributed by atoms with Gasteiger partial charge in [0.1, 0.15) is 0 Å². The summed E-state index contributed by atoms with van der Waals surface area (Å²) < 4.78 is 0. The number of ketones is 1. The van der Waals surface area contributed by atoms with Gasteiger partial charge in [-0.2, -0.15) is 0 Å². The molecule has 5 heteroatoms. The van der Waals surface area contributed by atoms with Crippen LogP contribution in [-0.4, -0.2) is 17.6 Å². The third kappa shape index (κ3) is 2.36. The van der Waals surface area contributed by atoms with Crippen LogP contribution in [0.3, 0.4) is 0 Å². The third-order valence-electron chi connectivity index (χ3n) is 8.00. The topological polar surface area (TPSA) is 54.5 Å². The second-order valence-corrected chi connectivity index (χ2v) is 10.0. The maximum atomic E-state index is 14.2. The summed E-state index contributed by atoms with van der Waals surface area (Å²) in [5.41, 5.74) is 1.59. The molecule has 3 aromatic rings. The standard InChI is InChI=1S/C29H22ClNO3/c1-28-21(17-11-5-3-6-12-17)22(18-13-7-4-8-14-18)29(2,27(28)34)24-23(28)25(32)31(26(24)33)20-16-10-9-15-19(20)30/h3-16,23-24H,1-2H3/t23-,24+,28-,29-/m0/s1. The fourth-order valence-corrected chi connectivity index (χ4v) is 6.90. The number of carbonyl (C=O) groups is 3. The number of anilines is 1. The van der Waals surface area contributed by atoms with Crippen LogP contribution in [-0.2, 0) is 14.4 Å². The van der Waals surface area contributed by atoms with E-state index in [1.165, 1.54) is 4.90 Å². The van der Waals surface area contributed by atoms with Crippen molar-refractivity contribution in [2.45, 2.75) is 13.8 Å². The summed E-state index contributed by atoms with van der Waals surface area (Å²) in [4.78, 5) is 43.3. The van der Waals surface area contributed by atoms with Crippen LogP contribution in [0.1, 0.15) is 25.0 Å². The van der Waals surface area contributed by atoms with Gasteiger partial charge < -0.3 is 0 Å². The molecule has 4 nitrogen and oxygen atoms in total. The first-order valence-corrected chi connectivity index (χ1v) is 11.7. The number of imide groups is 1. The molecule has 2 fully saturated rings. The average molecular weight is 468 g/mol. The monoisotopic (exact) mass is 467 g/mol. The number of Topliss-reactive ketones (excluding diaryl/α,β-unsaturated/α-hetero) is 1. The molecule has 0 N–H and O–H groups in total. The van der Waals surface area contributed by atoms with Crippen molar-refractivity contribution in [2.24, 2.45) is 22.7 Å². The van der Waals surface area contributed by atoms with E-state index in [1.807, 2.05) is 74.5 Å². The molecule has 4 atom stereocenters. The largest absolute Gasteiger partial charge is 0.298 e. The first-order valence-electron chi connectivity index (χ1n) is 11.4. The summed E-state index contributed by atoms with van der Waals surface area (Å²) in [6, 6.07) is 26.3. The van der Waals surface area contributed by atoms with E-state index in [0.29, 0.717) is 10.7 Å². The van der Waals surface area contributed by atoms with Gasteiger partial charge in [-0.15, -0.1) is 0 Å². The van der Waals surface area contributed by atoms with E-state index >= 15 is 0 Å². The summed E-state index contributed by atoms with van der Waals surface area (Å²) in [7, 11) is 0. The molecular weight excluding hydrogens is 446 g/mol. The summed E-state index contributed by atoms with van der Waals surface area (Å²) in [6.45, 7) is 3.69. The summed E-state index contributed by atoms with van der Waals surface area (Å²) >= 11 is 6.40. The van der Waals surface area contributed by atoms with Crippen LogP contribution in [0.15, 0.2) is 84.9 Å². The van der Waals surface area contributed by atoms with Crippen LogP contribution < -0.4 is 4.90 Å². The van der Waals surface area contributed by atoms with Gasteiger partial charge in [0.2, 0.25) is 11.8 Å². The van der Waals surface area contributed by atoms with E-state index in [4.69, 9.17) is 11.6 Å². The number of fused-ring (bicyclic) bond motifs is 5. The molecule has 0 aromatic heterocycles. The van der Waals surface area contributed by atoms with E-state index in [1.54, 1.807) is 24.3 Å². The Morgan fingerprint density at radius 2 is 1.06 bits per heavy atom. The molecule has 168 valence electrons. The van der Waals surface area contributed by atoms with Crippen LogP contribution in [0.4, 0.5) is 5.69 Å². The number of para-hydroxylation sites is 1. The summed E-state index contributed by atoms with van der Waals surface area (Å²) in [5.74, 6) is -2.34. The van der Waals surface area contributed by atoms with Crippen molar-refractivity contribution in [3.05, 3.63) is 101 Å². The molecule has 34 heavy (non-hydrogen) atoms. The van der Waals surface area contributed by atoms with Crippen molar-refractivity contribution in [3.8, 4) is 0 Å². The van der Waals surface area contributed by atoms with E-state index in [0.717, 1.165) is 22.3 Å². The zero-order valence-electron chi connectivity index (χ0n) is 18.8. The Labute approximate surface area is 202 Å². The molecule has 1 saturated carbocycles. The van der Waals surface area contributed by atoms with Gasteiger partial charge in [0.05, 0.1) is 33.4 Å². The van der Waals surface area contributed by atoms with Crippen LogP contribution in [0.5, 0.6) is 0 Å². The van der Waals surface area contributed by atoms with Gasteiger partial charge in [0, 0.05) is 0 Å². The number of amides is 2. The maximum Gasteiger partial charge on any atom is 0.239 e. The van der Waals surface area contributed by atoms with E-state index in [2.05, 4.69) is 0 Å². The molecule has 2 amide bonds. The molecule has 1 saturated heterocycles. The molecule has 1 heterocycles. The number of rotatable bonds is 3. The highest BCUT2D eigenvalue weighted by molar-refractivity contribution is 6.38. The van der Waals surface area contributed by atoms with Gasteiger partial charge >= 0.3 is 0 Å². The van der Waals surface area contributed by atoms with Gasteiger partial charge in [-0.05, 0) is 48.3 Å². The fourth-order valence-electron chi connectivity index (χ4n) is 6.68. The normalized spacial score (nSPS) is 29.9. The Kier molecular flexibility index (Phi) is 4.34. The van der Waals surface area contributed by atoms with Gasteiger partial charge in [-0.3, -0.25) is 14.4 Å². The summed E-state index contributed by atoms with van der Waals surface area (Å²) in [6.07, 6.45) is 0. The Balaban J connectivity index is 1.64.